The van der Waals surface area contributed by atoms with Crippen LogP contribution < -0.4 is 0 Å². The average Bonchev–Trinajstić information content (AvgIpc) is 2.45. The van der Waals surface area contributed by atoms with Gasteiger partial charge in [-0.3, -0.25) is 0 Å². The summed E-state index contributed by atoms with van der Waals surface area (Å²) in [6, 6.07) is 2.59. The zero-order valence-electron chi connectivity index (χ0n) is 13.1. The monoisotopic (exact) mass is 452 g/mol. The van der Waals surface area contributed by atoms with Crippen molar-refractivity contribution in [2.24, 2.45) is 0 Å². The van der Waals surface area contributed by atoms with Crippen LogP contribution in [-0.2, 0) is 13.7 Å². The molecule has 0 spiro atoms. The first-order valence-corrected chi connectivity index (χ1v) is 10.0. The summed E-state index contributed by atoms with van der Waals surface area (Å²) in [6.45, 7) is 0. The molecule has 5 nitrogen and oxygen atoms in total. The van der Waals surface area contributed by atoms with E-state index in [-0.39, 0.29) is 0 Å². The Morgan fingerprint density at radius 1 is 0.926 bits per heavy atom. The Labute approximate surface area is 148 Å². The maximum absolute atomic E-state index is 13.5. The van der Waals surface area contributed by atoms with Gasteiger partial charge < -0.3 is 0 Å². The van der Waals surface area contributed by atoms with Crippen LogP contribution in [0.4, 0.5) is 39.5 Å². The van der Waals surface area contributed by atoms with E-state index < -0.39 is 55.0 Å². The fraction of sp³-hybridized carbons (Fsp3) is 0.636. The van der Waals surface area contributed by atoms with Crippen LogP contribution in [0, 0.1) is 22.7 Å². The molecule has 0 N–H and O–H groups in total. The maximum atomic E-state index is 13.5. The van der Waals surface area contributed by atoms with Crippen molar-refractivity contribution in [2.45, 2.75) is 23.3 Å². The molecule has 0 heterocycles. The van der Waals surface area contributed by atoms with Crippen LogP contribution in [0.25, 0.3) is 0 Å². The molecular weight excluding hydrogens is 443 g/mol. The fourth-order valence-electron chi connectivity index (χ4n) is 1.23. The third-order valence-corrected chi connectivity index (χ3v) is 6.68. The summed E-state index contributed by atoms with van der Waals surface area (Å²) < 4.78 is 142. The van der Waals surface area contributed by atoms with Gasteiger partial charge in [0.25, 0.3) is 0 Å². The van der Waals surface area contributed by atoms with Crippen molar-refractivity contribution in [2.75, 3.05) is 18.3 Å². The van der Waals surface area contributed by atoms with Gasteiger partial charge in [-0.1, -0.05) is 0 Å². The van der Waals surface area contributed by atoms with E-state index in [1.54, 1.807) is 0 Å². The van der Waals surface area contributed by atoms with E-state index in [4.69, 9.17) is 10.5 Å². The number of hydrogen-bond donors (Lipinski definition) is 0. The molecule has 0 amide bonds. The van der Waals surface area contributed by atoms with E-state index in [9.17, 15) is 47.9 Å². The van der Waals surface area contributed by atoms with Crippen molar-refractivity contribution < 1.29 is 51.6 Å². The molecule has 0 rings (SSSR count). The highest BCUT2D eigenvalue weighted by Crippen LogP contribution is 2.57. The Bertz CT molecular complexity index is 773. The molecule has 0 aromatic heterocycles. The lowest BCUT2D eigenvalue weighted by atomic mass is 10.1. The van der Waals surface area contributed by atoms with Crippen LogP contribution in [0.2, 0.25) is 0 Å². The van der Waals surface area contributed by atoms with Crippen LogP contribution in [0.1, 0.15) is 0 Å². The van der Waals surface area contributed by atoms with E-state index in [0.29, 0.717) is 6.08 Å². The Kier molecular flexibility index (Phi) is 6.95. The molecule has 0 saturated heterocycles. The van der Waals surface area contributed by atoms with Crippen molar-refractivity contribution in [3.8, 4) is 12.1 Å². The normalized spacial score (nSPS) is 14.9. The van der Waals surface area contributed by atoms with Gasteiger partial charge in [-0.2, -0.15) is 58.5 Å². The van der Waals surface area contributed by atoms with Crippen LogP contribution in [0.5, 0.6) is 0 Å². The molecule has 16 heteroatoms. The van der Waals surface area contributed by atoms with E-state index in [1.165, 1.54) is 12.1 Å². The summed E-state index contributed by atoms with van der Waals surface area (Å²) in [6.07, 6.45) is -5.02. The van der Waals surface area contributed by atoms with Crippen molar-refractivity contribution in [1.82, 2.24) is 0 Å². The highest BCUT2D eigenvalue weighted by molar-refractivity contribution is 8.32. The zero-order chi connectivity index (χ0) is 22.1. The molecule has 0 aliphatic carbocycles. The first-order valence-electron chi connectivity index (χ1n) is 6.07. The number of halogens is 9. The second-order valence-electron chi connectivity index (χ2n) is 5.13. The fourth-order valence-corrected chi connectivity index (χ4v) is 4.75. The van der Waals surface area contributed by atoms with Crippen LogP contribution in [0.3, 0.4) is 0 Å². The summed E-state index contributed by atoms with van der Waals surface area (Å²) in [5, 5.41) is 9.96. The molecule has 0 radical (unpaired) electrons. The van der Waals surface area contributed by atoms with Crippen molar-refractivity contribution in [1.29, 1.82) is 10.5 Å². The lowest BCUT2D eigenvalue weighted by Crippen LogP contribution is -2.63. The van der Waals surface area contributed by atoms with Gasteiger partial charge in [-0.25, -0.2) is 3.63 Å². The van der Waals surface area contributed by atoms with Crippen molar-refractivity contribution in [3.63, 3.8) is 0 Å². The van der Waals surface area contributed by atoms with E-state index in [1.807, 2.05) is 0 Å². The van der Waals surface area contributed by atoms with Gasteiger partial charge in [0.2, 0.25) is 0 Å². The van der Waals surface area contributed by atoms with Crippen molar-refractivity contribution >= 4 is 20.4 Å². The lowest BCUT2D eigenvalue weighted by molar-refractivity contribution is -0.382. The second kappa shape index (κ2) is 7.40. The third kappa shape index (κ3) is 4.80. The topological polar surface area (TPSA) is 90.9 Å². The van der Waals surface area contributed by atoms with Gasteiger partial charge in [0, 0.05) is 5.75 Å². The van der Waals surface area contributed by atoms with Gasteiger partial charge in [0.05, 0.1) is 0 Å². The number of nitrogens with zero attached hydrogens (tertiary/aromatic N) is 2. The van der Waals surface area contributed by atoms with Gasteiger partial charge in [0.15, 0.2) is 0 Å². The van der Waals surface area contributed by atoms with Gasteiger partial charge in [-0.05, 0) is 18.6 Å². The lowest BCUT2D eigenvalue weighted by Gasteiger charge is -2.35. The minimum absolute atomic E-state index is 0.641. The van der Waals surface area contributed by atoms with E-state index in [0.717, 1.165) is 12.5 Å². The molecule has 0 aliphatic heterocycles. The Hall–Kier alpha value is -1.65. The van der Waals surface area contributed by atoms with Crippen LogP contribution in [0.15, 0.2) is 11.6 Å². The minimum atomic E-state index is -7.40. The largest absolute Gasteiger partial charge is 0.460 e. The minimum Gasteiger partial charge on any atom is -0.215 e. The molecule has 0 aromatic carbocycles. The molecule has 0 saturated carbocycles. The predicted octanol–water partition coefficient (Wildman–Crippen LogP) is 3.71. The second-order valence-corrected chi connectivity index (χ2v) is 10.3. The van der Waals surface area contributed by atoms with Crippen LogP contribution in [-0.4, -0.2) is 50.0 Å². The Balaban J connectivity index is 5.98. The summed E-state index contributed by atoms with van der Waals surface area (Å²) in [7, 11) is -10.4. The maximum Gasteiger partial charge on any atom is 0.460 e. The summed E-state index contributed by atoms with van der Waals surface area (Å²) in [5.74, 6) is -15.6. The molecular formula is C11H9F9N2O3S2. The SMILES string of the molecule is CS(C)(CC=C(C#N)C#N)OS(=O)(=O)C(F)(F)C(F)(F)C(F)(F)C(F)(F)F. The third-order valence-electron chi connectivity index (χ3n) is 2.63. The van der Waals surface area contributed by atoms with Gasteiger partial charge >= 0.3 is 33.4 Å². The standard InChI is InChI=1S/C11H9F9N2O3S2/c1-26(2,4-3-7(5-21)6-22)25-27(23,24)11(19,20)9(14,15)8(12,13)10(16,17)18/h3H,4H2,1-2H3. The first kappa shape index (κ1) is 25.3. The summed E-state index contributed by atoms with van der Waals surface area (Å²) in [4.78, 5) is 0. The Morgan fingerprint density at radius 2 is 1.33 bits per heavy atom. The average molecular weight is 452 g/mol. The number of allylic oxidation sites excluding steroid dienone is 1. The molecule has 0 bridgehead atoms. The number of hydrogen-bond acceptors (Lipinski definition) is 5. The van der Waals surface area contributed by atoms with Crippen molar-refractivity contribution in [3.05, 3.63) is 11.6 Å². The Morgan fingerprint density at radius 3 is 1.67 bits per heavy atom. The molecule has 0 atom stereocenters. The predicted molar refractivity (Wildman–Crippen MR) is 74.5 cm³/mol. The molecule has 0 aliphatic rings. The molecule has 0 fully saturated rings. The quantitative estimate of drug-likeness (QED) is 0.434. The highest BCUT2D eigenvalue weighted by Gasteiger charge is 2.86. The highest BCUT2D eigenvalue weighted by atomic mass is 32.3. The molecule has 27 heavy (non-hydrogen) atoms. The molecule has 0 unspecified atom stereocenters. The zero-order valence-corrected chi connectivity index (χ0v) is 14.8. The summed E-state index contributed by atoms with van der Waals surface area (Å²) in [5.41, 5.74) is -0.641. The first-order chi connectivity index (χ1) is 11.7. The van der Waals surface area contributed by atoms with Crippen LogP contribution >= 0.6 is 10.3 Å². The van der Waals surface area contributed by atoms with E-state index in [2.05, 4.69) is 3.63 Å². The number of rotatable bonds is 7. The van der Waals surface area contributed by atoms with Gasteiger partial charge in [0.1, 0.15) is 17.7 Å². The smallest absolute Gasteiger partial charge is 0.215 e. The molecule has 0 aromatic rings. The number of alkyl halides is 9. The van der Waals surface area contributed by atoms with Gasteiger partial charge in [-0.15, -0.1) is 10.3 Å². The summed E-state index contributed by atoms with van der Waals surface area (Å²) >= 11 is 0. The molecule has 156 valence electrons. The van der Waals surface area contributed by atoms with E-state index >= 15 is 0 Å². The number of nitriles is 2.